The third kappa shape index (κ3) is 3.48. The molecule has 0 saturated carbocycles. The van der Waals surface area contributed by atoms with Crippen LogP contribution >= 0.6 is 0 Å². The highest BCUT2D eigenvalue weighted by Crippen LogP contribution is 2.20. The summed E-state index contributed by atoms with van der Waals surface area (Å²) in [5.74, 6) is 0. The smallest absolute Gasteiger partial charge is 0.0121 e. The second-order valence-electron chi connectivity index (χ2n) is 6.59. The van der Waals surface area contributed by atoms with Gasteiger partial charge in [-0.2, -0.15) is 0 Å². The predicted molar refractivity (Wildman–Crippen MR) is 79.6 cm³/mol. The molecule has 0 aliphatic carbocycles. The van der Waals surface area contributed by atoms with E-state index in [1.54, 1.807) is 0 Å². The Morgan fingerprint density at radius 1 is 0.684 bits per heavy atom. The van der Waals surface area contributed by atoms with E-state index < -0.39 is 0 Å². The fourth-order valence-electron chi connectivity index (χ4n) is 4.00. The Bertz CT molecular complexity index is 261. The zero-order chi connectivity index (χ0) is 13.1. The quantitative estimate of drug-likeness (QED) is 0.783. The van der Waals surface area contributed by atoms with Gasteiger partial charge in [0.2, 0.25) is 0 Å². The first-order valence-electron chi connectivity index (χ1n) is 8.20. The summed E-state index contributed by atoms with van der Waals surface area (Å²) in [6.07, 6.45) is 5.47. The molecule has 0 spiro atoms. The van der Waals surface area contributed by atoms with Gasteiger partial charge in [-0.1, -0.05) is 0 Å². The molecule has 0 radical (unpaired) electrons. The Morgan fingerprint density at radius 3 is 1.68 bits per heavy atom. The number of piperazine rings is 1. The number of likely N-dealkylation sites (tertiary alicyclic amines) is 1. The van der Waals surface area contributed by atoms with Gasteiger partial charge in [-0.05, 0) is 58.9 Å². The molecule has 3 aliphatic rings. The lowest BCUT2D eigenvalue weighted by atomic mass is 10.0. The molecule has 0 aromatic carbocycles. The molecule has 3 aliphatic heterocycles. The molecule has 0 atom stereocenters. The largest absolute Gasteiger partial charge is 0.317 e. The Morgan fingerprint density at radius 2 is 1.16 bits per heavy atom. The fraction of sp³-hybridized carbons (Fsp3) is 1.00. The van der Waals surface area contributed by atoms with E-state index in [1.807, 2.05) is 0 Å². The summed E-state index contributed by atoms with van der Waals surface area (Å²) in [5.41, 5.74) is 0. The van der Waals surface area contributed by atoms with Crippen LogP contribution < -0.4 is 5.32 Å². The van der Waals surface area contributed by atoms with Crippen molar-refractivity contribution in [1.82, 2.24) is 20.0 Å². The van der Waals surface area contributed by atoms with Crippen molar-refractivity contribution in [3.63, 3.8) is 0 Å². The van der Waals surface area contributed by atoms with Crippen LogP contribution in [0.25, 0.3) is 0 Å². The van der Waals surface area contributed by atoms with Crippen molar-refractivity contribution in [1.29, 1.82) is 0 Å². The molecule has 4 heteroatoms. The summed E-state index contributed by atoms with van der Waals surface area (Å²) < 4.78 is 0. The fourth-order valence-corrected chi connectivity index (χ4v) is 4.00. The van der Waals surface area contributed by atoms with Gasteiger partial charge in [-0.25, -0.2) is 0 Å². The topological polar surface area (TPSA) is 21.8 Å². The first-order valence-corrected chi connectivity index (χ1v) is 8.20. The molecule has 110 valence electrons. The summed E-state index contributed by atoms with van der Waals surface area (Å²) in [4.78, 5) is 8.00. The van der Waals surface area contributed by atoms with Crippen LogP contribution in [-0.4, -0.2) is 86.2 Å². The van der Waals surface area contributed by atoms with Crippen LogP contribution in [0.15, 0.2) is 0 Å². The number of hydrogen-bond donors (Lipinski definition) is 1. The van der Waals surface area contributed by atoms with Crippen molar-refractivity contribution in [2.45, 2.75) is 37.8 Å². The monoisotopic (exact) mass is 266 g/mol. The lowest BCUT2D eigenvalue weighted by Crippen LogP contribution is -2.56. The van der Waals surface area contributed by atoms with Crippen LogP contribution in [-0.2, 0) is 0 Å². The number of nitrogens with one attached hydrogen (secondary N) is 1. The van der Waals surface area contributed by atoms with Crippen LogP contribution in [0.3, 0.4) is 0 Å². The van der Waals surface area contributed by atoms with Crippen LogP contribution in [0, 0.1) is 0 Å². The van der Waals surface area contributed by atoms with E-state index in [9.17, 15) is 0 Å². The molecule has 0 bridgehead atoms. The summed E-state index contributed by atoms with van der Waals surface area (Å²) >= 11 is 0. The first-order chi connectivity index (χ1) is 9.33. The lowest BCUT2D eigenvalue weighted by Gasteiger charge is -2.45. The Kier molecular flexibility index (Phi) is 4.74. The van der Waals surface area contributed by atoms with Gasteiger partial charge in [0.15, 0.2) is 0 Å². The first kappa shape index (κ1) is 13.8. The molecular weight excluding hydrogens is 236 g/mol. The van der Waals surface area contributed by atoms with Crippen molar-refractivity contribution in [2.24, 2.45) is 0 Å². The number of rotatable bonds is 2. The van der Waals surface area contributed by atoms with Gasteiger partial charge in [-0.3, -0.25) is 9.80 Å². The molecular formula is C15H30N4. The highest BCUT2D eigenvalue weighted by molar-refractivity contribution is 4.86. The molecule has 0 aromatic heterocycles. The minimum atomic E-state index is 0.862. The molecule has 0 aromatic rings. The average Bonchev–Trinajstić information content (AvgIpc) is 2.49. The van der Waals surface area contributed by atoms with Gasteiger partial charge in [-0.15, -0.1) is 0 Å². The number of piperidine rings is 2. The van der Waals surface area contributed by atoms with Gasteiger partial charge < -0.3 is 10.2 Å². The molecule has 0 unspecified atom stereocenters. The van der Waals surface area contributed by atoms with Crippen molar-refractivity contribution in [3.05, 3.63) is 0 Å². The number of hydrogen-bond acceptors (Lipinski definition) is 4. The van der Waals surface area contributed by atoms with Gasteiger partial charge in [0.1, 0.15) is 0 Å². The van der Waals surface area contributed by atoms with Crippen molar-refractivity contribution < 1.29 is 0 Å². The van der Waals surface area contributed by atoms with Crippen molar-refractivity contribution in [3.8, 4) is 0 Å². The maximum atomic E-state index is 3.48. The molecule has 3 saturated heterocycles. The van der Waals surface area contributed by atoms with E-state index >= 15 is 0 Å². The SMILES string of the molecule is CN1CCC(N2CCN(C3CCNCC3)CC2)CC1. The van der Waals surface area contributed by atoms with E-state index in [2.05, 4.69) is 27.1 Å². The van der Waals surface area contributed by atoms with Gasteiger partial charge in [0.25, 0.3) is 0 Å². The molecule has 0 amide bonds. The molecule has 1 N–H and O–H groups in total. The Hall–Kier alpha value is -0.160. The van der Waals surface area contributed by atoms with E-state index in [0.717, 1.165) is 12.1 Å². The van der Waals surface area contributed by atoms with E-state index in [1.165, 1.54) is 78.0 Å². The van der Waals surface area contributed by atoms with Gasteiger partial charge >= 0.3 is 0 Å². The lowest BCUT2D eigenvalue weighted by molar-refractivity contribution is 0.0396. The van der Waals surface area contributed by atoms with Crippen molar-refractivity contribution >= 4 is 0 Å². The van der Waals surface area contributed by atoms with Crippen LogP contribution in [0.1, 0.15) is 25.7 Å². The summed E-state index contributed by atoms with van der Waals surface area (Å²) in [5, 5.41) is 3.48. The molecule has 19 heavy (non-hydrogen) atoms. The predicted octanol–water partition coefficient (Wildman–Crippen LogP) is 0.450. The van der Waals surface area contributed by atoms with Gasteiger partial charge in [0, 0.05) is 38.3 Å². The maximum Gasteiger partial charge on any atom is 0.0121 e. The van der Waals surface area contributed by atoms with Crippen LogP contribution in [0.2, 0.25) is 0 Å². The second kappa shape index (κ2) is 6.53. The molecule has 3 rings (SSSR count). The third-order valence-electron chi connectivity index (χ3n) is 5.38. The van der Waals surface area contributed by atoms with E-state index in [-0.39, 0.29) is 0 Å². The Balaban J connectivity index is 1.44. The maximum absolute atomic E-state index is 3.48. The van der Waals surface area contributed by atoms with Crippen LogP contribution in [0.4, 0.5) is 0 Å². The van der Waals surface area contributed by atoms with Crippen LogP contribution in [0.5, 0.6) is 0 Å². The van der Waals surface area contributed by atoms with Gasteiger partial charge in [0.05, 0.1) is 0 Å². The standard InChI is InChI=1S/C15H30N4/c1-17-8-4-15(5-9-17)19-12-10-18(11-13-19)14-2-6-16-7-3-14/h14-16H,2-13H2,1H3. The van der Waals surface area contributed by atoms with E-state index in [4.69, 9.17) is 0 Å². The third-order valence-corrected chi connectivity index (χ3v) is 5.38. The summed E-state index contributed by atoms with van der Waals surface area (Å²) in [7, 11) is 2.26. The second-order valence-corrected chi connectivity index (χ2v) is 6.59. The summed E-state index contributed by atoms with van der Waals surface area (Å²) in [6, 6.07) is 1.73. The normalized spacial score (nSPS) is 30.8. The zero-order valence-electron chi connectivity index (χ0n) is 12.5. The molecule has 4 nitrogen and oxygen atoms in total. The highest BCUT2D eigenvalue weighted by Gasteiger charge is 2.29. The molecule has 3 heterocycles. The number of nitrogens with zero attached hydrogens (tertiary/aromatic N) is 3. The minimum Gasteiger partial charge on any atom is -0.317 e. The van der Waals surface area contributed by atoms with E-state index in [0.29, 0.717) is 0 Å². The highest BCUT2D eigenvalue weighted by atomic mass is 15.3. The molecule has 3 fully saturated rings. The average molecular weight is 266 g/mol. The van der Waals surface area contributed by atoms with Crippen molar-refractivity contribution in [2.75, 3.05) is 59.4 Å². The minimum absolute atomic E-state index is 0.862. The zero-order valence-corrected chi connectivity index (χ0v) is 12.5. The summed E-state index contributed by atoms with van der Waals surface area (Å²) in [6.45, 7) is 10.2. The Labute approximate surface area is 118 Å².